The van der Waals surface area contributed by atoms with Crippen molar-refractivity contribution in [3.8, 4) is 0 Å². The van der Waals surface area contributed by atoms with Crippen molar-refractivity contribution in [1.29, 1.82) is 0 Å². The fourth-order valence-electron chi connectivity index (χ4n) is 5.54. The zero-order chi connectivity index (χ0) is 23.6. The molecule has 33 heavy (non-hydrogen) atoms. The van der Waals surface area contributed by atoms with Gasteiger partial charge in [0.1, 0.15) is 0 Å². The van der Waals surface area contributed by atoms with Crippen LogP contribution >= 0.6 is 0 Å². The van der Waals surface area contributed by atoms with Gasteiger partial charge in [-0.05, 0) is 38.2 Å². The molecule has 0 unspecified atom stereocenters. The summed E-state index contributed by atoms with van der Waals surface area (Å²) in [7, 11) is 1.73. The maximum Gasteiger partial charge on any atom is 0.274 e. The molecule has 1 saturated heterocycles. The van der Waals surface area contributed by atoms with Crippen LogP contribution in [0, 0.1) is 5.92 Å². The van der Waals surface area contributed by atoms with Gasteiger partial charge >= 0.3 is 0 Å². The van der Waals surface area contributed by atoms with Crippen LogP contribution in [0.2, 0.25) is 0 Å². The quantitative estimate of drug-likeness (QED) is 0.627. The molecule has 2 aliphatic rings. The second kappa shape index (κ2) is 10.1. The van der Waals surface area contributed by atoms with Gasteiger partial charge < -0.3 is 9.64 Å². The largest absolute Gasteiger partial charge is 0.383 e. The topological polar surface area (TPSA) is 63.0 Å². The van der Waals surface area contributed by atoms with Gasteiger partial charge in [-0.1, -0.05) is 46.0 Å². The zero-order valence-electron chi connectivity index (χ0n) is 21.1. The minimum atomic E-state index is -0.265. The third-order valence-electron chi connectivity index (χ3n) is 7.38. The average Bonchev–Trinajstić information content (AvgIpc) is 3.21. The summed E-state index contributed by atoms with van der Waals surface area (Å²) in [5.41, 5.74) is 3.31. The number of rotatable bonds is 7. The Bertz CT molecular complexity index is 961. The van der Waals surface area contributed by atoms with E-state index < -0.39 is 0 Å². The number of carbonyl (C=O) groups excluding carboxylic acids is 1. The highest BCUT2D eigenvalue weighted by Crippen LogP contribution is 2.28. The van der Waals surface area contributed by atoms with Crippen LogP contribution < -0.4 is 0 Å². The molecule has 4 rings (SSSR count). The molecule has 7 nitrogen and oxygen atoms in total. The summed E-state index contributed by atoms with van der Waals surface area (Å²) in [5.74, 6) is 1.04. The first kappa shape index (κ1) is 24.1. The minimum Gasteiger partial charge on any atom is -0.383 e. The molecule has 1 amide bonds. The van der Waals surface area contributed by atoms with E-state index in [0.717, 1.165) is 49.0 Å². The van der Waals surface area contributed by atoms with E-state index in [2.05, 4.69) is 38.7 Å². The fraction of sp³-hybridized carbons (Fsp3) is 0.731. The second-order valence-corrected chi connectivity index (χ2v) is 10.9. The summed E-state index contributed by atoms with van der Waals surface area (Å²) >= 11 is 0. The van der Waals surface area contributed by atoms with Gasteiger partial charge in [0.15, 0.2) is 11.3 Å². The van der Waals surface area contributed by atoms with Gasteiger partial charge in [-0.25, -0.2) is 9.50 Å². The van der Waals surface area contributed by atoms with Gasteiger partial charge in [-0.15, -0.1) is 0 Å². The van der Waals surface area contributed by atoms with E-state index in [0.29, 0.717) is 24.8 Å². The van der Waals surface area contributed by atoms with Crippen LogP contribution in [-0.4, -0.2) is 75.7 Å². The Labute approximate surface area is 198 Å². The minimum absolute atomic E-state index is 0.000396. The summed E-state index contributed by atoms with van der Waals surface area (Å²) in [6.45, 7) is 12.6. The molecule has 1 aliphatic carbocycles. The Morgan fingerprint density at radius 1 is 1.18 bits per heavy atom. The Morgan fingerprint density at radius 2 is 1.94 bits per heavy atom. The Kier molecular flexibility index (Phi) is 7.39. The predicted octanol–water partition coefficient (Wildman–Crippen LogP) is 4.16. The SMILES string of the molecule is COCCN1CCN(C(=O)c2cc3nc(CC4CCCCC4)cc(C(C)C)n3n2)C(C)(C)C1. The summed E-state index contributed by atoms with van der Waals surface area (Å²) in [5, 5.41) is 4.76. The van der Waals surface area contributed by atoms with Crippen molar-refractivity contribution < 1.29 is 9.53 Å². The molecular formula is C26H41N5O2. The normalized spacial score (nSPS) is 20.1. The highest BCUT2D eigenvalue weighted by atomic mass is 16.5. The monoisotopic (exact) mass is 455 g/mol. The van der Waals surface area contributed by atoms with Crippen molar-refractivity contribution >= 4 is 11.6 Å². The van der Waals surface area contributed by atoms with Crippen LogP contribution in [0.5, 0.6) is 0 Å². The van der Waals surface area contributed by atoms with Crippen LogP contribution in [0.15, 0.2) is 12.1 Å². The number of fused-ring (bicyclic) bond motifs is 1. The summed E-state index contributed by atoms with van der Waals surface area (Å²) in [4.78, 5) is 22.9. The molecule has 0 radical (unpaired) electrons. The van der Waals surface area contributed by atoms with E-state index in [-0.39, 0.29) is 11.4 Å². The van der Waals surface area contributed by atoms with Gasteiger partial charge in [0.25, 0.3) is 5.91 Å². The van der Waals surface area contributed by atoms with E-state index in [1.807, 2.05) is 15.5 Å². The Hall–Kier alpha value is -1.99. The molecule has 2 aromatic heterocycles. The number of aromatic nitrogens is 3. The standard InChI is InChI=1S/C26H41N5O2/c1-19(2)23-16-21(15-20-9-7-6-8-10-20)27-24-17-22(28-31(23)24)25(32)30-12-11-29(13-14-33-5)18-26(30,3)4/h16-17,19-20H,6-15,18H2,1-5H3. The molecule has 2 fully saturated rings. The maximum absolute atomic E-state index is 13.6. The van der Waals surface area contributed by atoms with Crippen LogP contribution in [0.3, 0.4) is 0 Å². The Balaban J connectivity index is 1.57. The van der Waals surface area contributed by atoms with Crippen molar-refractivity contribution in [3.63, 3.8) is 0 Å². The van der Waals surface area contributed by atoms with Crippen molar-refractivity contribution in [1.82, 2.24) is 24.4 Å². The maximum atomic E-state index is 13.6. The van der Waals surface area contributed by atoms with E-state index in [1.54, 1.807) is 7.11 Å². The van der Waals surface area contributed by atoms with Crippen molar-refractivity contribution in [2.24, 2.45) is 5.92 Å². The van der Waals surface area contributed by atoms with Gasteiger partial charge in [-0.3, -0.25) is 9.69 Å². The molecule has 182 valence electrons. The number of ether oxygens (including phenoxy) is 1. The highest BCUT2D eigenvalue weighted by molar-refractivity contribution is 5.94. The average molecular weight is 456 g/mol. The lowest BCUT2D eigenvalue weighted by molar-refractivity contribution is 0.0113. The van der Waals surface area contributed by atoms with Crippen LogP contribution in [0.25, 0.3) is 5.65 Å². The molecule has 3 heterocycles. The van der Waals surface area contributed by atoms with Crippen LogP contribution in [0.4, 0.5) is 0 Å². The zero-order valence-corrected chi connectivity index (χ0v) is 21.1. The molecular weight excluding hydrogens is 414 g/mol. The summed E-state index contributed by atoms with van der Waals surface area (Å²) in [6, 6.07) is 4.11. The highest BCUT2D eigenvalue weighted by Gasteiger charge is 2.38. The first-order valence-corrected chi connectivity index (χ1v) is 12.7. The van der Waals surface area contributed by atoms with Crippen molar-refractivity contribution in [3.05, 3.63) is 29.2 Å². The number of nitrogens with zero attached hydrogens (tertiary/aromatic N) is 5. The van der Waals surface area contributed by atoms with Crippen LogP contribution in [-0.2, 0) is 11.2 Å². The lowest BCUT2D eigenvalue weighted by Gasteiger charge is -2.46. The molecule has 0 N–H and O–H groups in total. The van der Waals surface area contributed by atoms with Crippen molar-refractivity contribution in [2.75, 3.05) is 39.9 Å². The van der Waals surface area contributed by atoms with E-state index >= 15 is 0 Å². The lowest BCUT2D eigenvalue weighted by Crippen LogP contribution is -2.61. The molecule has 7 heteroatoms. The van der Waals surface area contributed by atoms with Gasteiger partial charge in [-0.2, -0.15) is 5.10 Å². The summed E-state index contributed by atoms with van der Waals surface area (Å²) in [6.07, 6.45) is 7.68. The van der Waals surface area contributed by atoms with E-state index in [9.17, 15) is 4.79 Å². The number of carbonyl (C=O) groups is 1. The third-order valence-corrected chi connectivity index (χ3v) is 7.38. The Morgan fingerprint density at radius 3 is 2.61 bits per heavy atom. The number of methoxy groups -OCH3 is 1. The number of hydrogen-bond acceptors (Lipinski definition) is 5. The third kappa shape index (κ3) is 5.40. The molecule has 1 saturated carbocycles. The van der Waals surface area contributed by atoms with Gasteiger partial charge in [0, 0.05) is 50.7 Å². The molecule has 0 bridgehead atoms. The lowest BCUT2D eigenvalue weighted by atomic mass is 9.86. The van der Waals surface area contributed by atoms with Crippen molar-refractivity contribution in [2.45, 2.75) is 77.7 Å². The predicted molar refractivity (Wildman–Crippen MR) is 131 cm³/mol. The molecule has 0 spiro atoms. The fourth-order valence-corrected chi connectivity index (χ4v) is 5.54. The smallest absolute Gasteiger partial charge is 0.274 e. The number of amides is 1. The number of hydrogen-bond donors (Lipinski definition) is 0. The summed E-state index contributed by atoms with van der Waals surface area (Å²) < 4.78 is 7.13. The van der Waals surface area contributed by atoms with Gasteiger partial charge in [0.05, 0.1) is 12.1 Å². The van der Waals surface area contributed by atoms with E-state index in [4.69, 9.17) is 14.8 Å². The molecule has 0 aromatic carbocycles. The van der Waals surface area contributed by atoms with E-state index in [1.165, 1.54) is 32.1 Å². The second-order valence-electron chi connectivity index (χ2n) is 10.9. The number of piperazine rings is 1. The van der Waals surface area contributed by atoms with Crippen LogP contribution in [0.1, 0.15) is 87.6 Å². The molecule has 0 atom stereocenters. The molecule has 2 aromatic rings. The first-order valence-electron chi connectivity index (χ1n) is 12.7. The first-order chi connectivity index (χ1) is 15.8. The molecule has 1 aliphatic heterocycles. The van der Waals surface area contributed by atoms with Gasteiger partial charge in [0.2, 0.25) is 0 Å².